The maximum atomic E-state index is 12.4. The molecule has 0 atom stereocenters. The van der Waals surface area contributed by atoms with Gasteiger partial charge in [0.15, 0.2) is 6.61 Å². The first-order chi connectivity index (χ1) is 13.5. The zero-order chi connectivity index (χ0) is 19.7. The summed E-state index contributed by atoms with van der Waals surface area (Å²) in [5, 5.41) is 5.51. The van der Waals surface area contributed by atoms with Crippen molar-refractivity contribution < 1.29 is 18.7 Å². The minimum absolute atomic E-state index is 0.235. The first-order valence-corrected chi connectivity index (χ1v) is 9.18. The third kappa shape index (κ3) is 3.59. The molecule has 28 heavy (non-hydrogen) atoms. The van der Waals surface area contributed by atoms with Crippen LogP contribution in [-0.2, 0) is 4.79 Å². The molecule has 142 valence electrons. The number of ether oxygens (including phenoxy) is 2. The van der Waals surface area contributed by atoms with Crippen LogP contribution in [0.25, 0.3) is 21.9 Å². The smallest absolute Gasteiger partial charge is 0.262 e. The van der Waals surface area contributed by atoms with Crippen LogP contribution < -0.4 is 14.8 Å². The van der Waals surface area contributed by atoms with Gasteiger partial charge in [0.25, 0.3) is 5.91 Å². The Morgan fingerprint density at radius 3 is 2.64 bits per heavy atom. The molecule has 0 radical (unpaired) electrons. The zero-order valence-electron chi connectivity index (χ0n) is 14.8. The molecule has 5 nitrogen and oxygen atoms in total. The van der Waals surface area contributed by atoms with E-state index in [1.54, 1.807) is 31.4 Å². The molecule has 0 aliphatic heterocycles. The Kier molecular flexibility index (Phi) is 5.03. The van der Waals surface area contributed by atoms with Crippen LogP contribution in [0.5, 0.6) is 11.5 Å². The molecule has 0 spiro atoms. The number of methoxy groups -OCH3 is 1. The molecule has 4 rings (SSSR count). The standard InChI is InChI=1S/C21H15Cl2NO4/c1-26-20-9-14-13-4-2-3-5-17(13)28-18(14)10-16(20)24-21(25)11-27-19-8-12(22)6-7-15(19)23/h2-10H,11H2,1H3,(H,24,25). The average molecular weight is 416 g/mol. The molecule has 0 aliphatic carbocycles. The third-order valence-corrected chi connectivity index (χ3v) is 4.77. The van der Waals surface area contributed by atoms with Gasteiger partial charge in [-0.05, 0) is 24.3 Å². The van der Waals surface area contributed by atoms with E-state index < -0.39 is 0 Å². The van der Waals surface area contributed by atoms with Crippen molar-refractivity contribution in [2.45, 2.75) is 0 Å². The zero-order valence-corrected chi connectivity index (χ0v) is 16.3. The number of halogens is 2. The van der Waals surface area contributed by atoms with Crippen molar-refractivity contribution in [2.24, 2.45) is 0 Å². The van der Waals surface area contributed by atoms with Gasteiger partial charge in [-0.3, -0.25) is 4.79 Å². The summed E-state index contributed by atoms with van der Waals surface area (Å²) >= 11 is 12.0. The number of benzene rings is 3. The van der Waals surface area contributed by atoms with E-state index in [2.05, 4.69) is 5.32 Å². The van der Waals surface area contributed by atoms with Crippen LogP contribution in [0.3, 0.4) is 0 Å². The molecular weight excluding hydrogens is 401 g/mol. The van der Waals surface area contributed by atoms with Crippen molar-refractivity contribution >= 4 is 56.7 Å². The van der Waals surface area contributed by atoms with E-state index in [4.69, 9.17) is 37.1 Å². The van der Waals surface area contributed by atoms with Crippen molar-refractivity contribution in [1.29, 1.82) is 0 Å². The SMILES string of the molecule is COc1cc2c(cc1NC(=O)COc1cc(Cl)ccc1Cl)oc1ccccc12. The summed E-state index contributed by atoms with van der Waals surface area (Å²) in [5.41, 5.74) is 1.90. The van der Waals surface area contributed by atoms with Crippen molar-refractivity contribution in [3.63, 3.8) is 0 Å². The average Bonchev–Trinajstić information content (AvgIpc) is 3.05. The molecule has 7 heteroatoms. The van der Waals surface area contributed by atoms with Crippen LogP contribution in [0.15, 0.2) is 59.0 Å². The number of furan rings is 1. The molecule has 1 N–H and O–H groups in total. The molecule has 0 saturated heterocycles. The minimum atomic E-state index is -0.371. The Labute approximate surface area is 170 Å². The van der Waals surface area contributed by atoms with E-state index in [1.807, 2.05) is 30.3 Å². The molecule has 1 aromatic heterocycles. The van der Waals surface area contributed by atoms with E-state index in [0.717, 1.165) is 16.4 Å². The largest absolute Gasteiger partial charge is 0.495 e. The van der Waals surface area contributed by atoms with Gasteiger partial charge in [-0.2, -0.15) is 0 Å². The maximum absolute atomic E-state index is 12.4. The predicted molar refractivity (Wildman–Crippen MR) is 111 cm³/mol. The summed E-state index contributed by atoms with van der Waals surface area (Å²) in [6.45, 7) is -0.235. The van der Waals surface area contributed by atoms with Gasteiger partial charge in [0.2, 0.25) is 0 Å². The van der Waals surface area contributed by atoms with E-state index >= 15 is 0 Å². The number of fused-ring (bicyclic) bond motifs is 3. The summed E-state index contributed by atoms with van der Waals surface area (Å²) in [6.07, 6.45) is 0. The van der Waals surface area contributed by atoms with Gasteiger partial charge >= 0.3 is 0 Å². The highest BCUT2D eigenvalue weighted by molar-refractivity contribution is 6.34. The van der Waals surface area contributed by atoms with Gasteiger partial charge in [0.05, 0.1) is 17.8 Å². The van der Waals surface area contributed by atoms with Crippen LogP contribution in [0.1, 0.15) is 0 Å². The number of carbonyl (C=O) groups excluding carboxylic acids is 1. The molecular formula is C21H15Cl2NO4. The van der Waals surface area contributed by atoms with Crippen molar-refractivity contribution in [3.05, 3.63) is 64.6 Å². The van der Waals surface area contributed by atoms with Crippen LogP contribution in [0.4, 0.5) is 5.69 Å². The number of para-hydroxylation sites is 1. The summed E-state index contributed by atoms with van der Waals surface area (Å²) in [6, 6.07) is 16.1. The van der Waals surface area contributed by atoms with Gasteiger partial charge in [-0.1, -0.05) is 41.4 Å². The molecule has 0 unspecified atom stereocenters. The van der Waals surface area contributed by atoms with E-state index in [0.29, 0.717) is 32.8 Å². The Morgan fingerprint density at radius 1 is 1.00 bits per heavy atom. The lowest BCUT2D eigenvalue weighted by molar-refractivity contribution is -0.118. The van der Waals surface area contributed by atoms with Crippen molar-refractivity contribution in [1.82, 2.24) is 0 Å². The number of carbonyl (C=O) groups is 1. The van der Waals surface area contributed by atoms with E-state index in [1.165, 1.54) is 0 Å². The fourth-order valence-electron chi connectivity index (χ4n) is 2.94. The molecule has 0 fully saturated rings. The first kappa shape index (κ1) is 18.5. The molecule has 3 aromatic carbocycles. The lowest BCUT2D eigenvalue weighted by Crippen LogP contribution is -2.20. The van der Waals surface area contributed by atoms with E-state index in [9.17, 15) is 4.79 Å². The Balaban J connectivity index is 1.57. The molecule has 1 amide bonds. The number of anilines is 1. The molecule has 0 bridgehead atoms. The second kappa shape index (κ2) is 7.62. The normalized spacial score (nSPS) is 11.0. The number of hydrogen-bond acceptors (Lipinski definition) is 4. The quantitative estimate of drug-likeness (QED) is 0.439. The second-order valence-corrected chi connectivity index (χ2v) is 6.90. The van der Waals surface area contributed by atoms with Gasteiger partial charge in [-0.25, -0.2) is 0 Å². The first-order valence-electron chi connectivity index (χ1n) is 8.42. The lowest BCUT2D eigenvalue weighted by Gasteiger charge is -2.12. The Hall–Kier alpha value is -2.89. The summed E-state index contributed by atoms with van der Waals surface area (Å²) in [4.78, 5) is 12.4. The predicted octanol–water partition coefficient (Wildman–Crippen LogP) is 5.92. The van der Waals surface area contributed by atoms with Crippen molar-refractivity contribution in [2.75, 3.05) is 19.0 Å². The lowest BCUT2D eigenvalue weighted by atomic mass is 10.1. The van der Waals surface area contributed by atoms with Crippen molar-refractivity contribution in [3.8, 4) is 11.5 Å². The summed E-state index contributed by atoms with van der Waals surface area (Å²) < 4.78 is 16.8. The topological polar surface area (TPSA) is 60.7 Å². The highest BCUT2D eigenvalue weighted by Crippen LogP contribution is 2.36. The number of rotatable bonds is 5. The Morgan fingerprint density at radius 2 is 1.82 bits per heavy atom. The highest BCUT2D eigenvalue weighted by Gasteiger charge is 2.15. The maximum Gasteiger partial charge on any atom is 0.262 e. The van der Waals surface area contributed by atoms with Crippen LogP contribution in [0, 0.1) is 0 Å². The van der Waals surface area contributed by atoms with Crippen LogP contribution >= 0.6 is 23.2 Å². The fourth-order valence-corrected chi connectivity index (χ4v) is 3.27. The second-order valence-electron chi connectivity index (χ2n) is 6.06. The minimum Gasteiger partial charge on any atom is -0.495 e. The van der Waals surface area contributed by atoms with E-state index in [-0.39, 0.29) is 12.5 Å². The number of amides is 1. The van der Waals surface area contributed by atoms with Gasteiger partial charge in [0.1, 0.15) is 22.7 Å². The number of nitrogens with one attached hydrogen (secondary N) is 1. The molecule has 0 aliphatic rings. The molecule has 1 heterocycles. The Bertz CT molecular complexity index is 1190. The van der Waals surface area contributed by atoms with Crippen LogP contribution in [-0.4, -0.2) is 19.6 Å². The highest BCUT2D eigenvalue weighted by atomic mass is 35.5. The third-order valence-electron chi connectivity index (χ3n) is 4.22. The fraction of sp³-hybridized carbons (Fsp3) is 0.0952. The summed E-state index contributed by atoms with van der Waals surface area (Å²) in [7, 11) is 1.54. The van der Waals surface area contributed by atoms with Gasteiger partial charge < -0.3 is 19.2 Å². The monoisotopic (exact) mass is 415 g/mol. The van der Waals surface area contributed by atoms with Gasteiger partial charge in [0, 0.05) is 27.9 Å². The number of hydrogen-bond donors (Lipinski definition) is 1. The molecule has 4 aromatic rings. The summed E-state index contributed by atoms with van der Waals surface area (Å²) in [5.74, 6) is 0.488. The van der Waals surface area contributed by atoms with Crippen LogP contribution in [0.2, 0.25) is 10.0 Å². The van der Waals surface area contributed by atoms with Gasteiger partial charge in [-0.15, -0.1) is 0 Å². The molecule has 0 saturated carbocycles.